The van der Waals surface area contributed by atoms with Crippen LogP contribution in [0.15, 0.2) is 36.5 Å². The van der Waals surface area contributed by atoms with Crippen LogP contribution in [0.4, 0.5) is 5.69 Å². The first kappa shape index (κ1) is 21.2. The summed E-state index contributed by atoms with van der Waals surface area (Å²) in [7, 11) is 3.26. The average Bonchev–Trinajstić information content (AvgIpc) is 2.83. The zero-order valence-corrected chi connectivity index (χ0v) is 19.2. The zero-order chi connectivity index (χ0) is 22.9. The summed E-state index contributed by atoms with van der Waals surface area (Å²) in [5.74, 6) is 1.42. The number of hydrogen-bond donors (Lipinski definition) is 1. The Morgan fingerprint density at radius 3 is 2.91 bits per heavy atom. The van der Waals surface area contributed by atoms with Crippen LogP contribution >= 0.6 is 0 Å². The van der Waals surface area contributed by atoms with Crippen molar-refractivity contribution in [2.75, 3.05) is 45.3 Å². The minimum atomic E-state index is -0.175. The van der Waals surface area contributed by atoms with E-state index < -0.39 is 0 Å². The number of anilines is 1. The molecule has 1 N–H and O–H groups in total. The molecule has 0 unspecified atom stereocenters. The van der Waals surface area contributed by atoms with Gasteiger partial charge in [0.1, 0.15) is 11.4 Å². The first-order valence-electron chi connectivity index (χ1n) is 11.2. The number of amides is 1. The van der Waals surface area contributed by atoms with E-state index in [0.29, 0.717) is 18.2 Å². The highest BCUT2D eigenvalue weighted by atomic mass is 16.5. The fourth-order valence-corrected chi connectivity index (χ4v) is 4.56. The maximum atomic E-state index is 11.8. The molecule has 0 saturated carbocycles. The molecule has 4 heterocycles. The summed E-state index contributed by atoms with van der Waals surface area (Å²) in [5, 5.41) is 3.67. The number of methoxy groups -OCH3 is 1. The molecule has 0 aliphatic carbocycles. The number of nitrogens with zero attached hydrogens (tertiary/aromatic N) is 4. The molecule has 8 nitrogen and oxygen atoms in total. The summed E-state index contributed by atoms with van der Waals surface area (Å²) < 4.78 is 14.1. The number of fused-ring (bicyclic) bond motifs is 2. The molecule has 170 valence electrons. The van der Waals surface area contributed by atoms with Gasteiger partial charge in [-0.05, 0) is 37.3 Å². The van der Waals surface area contributed by atoms with E-state index in [1.54, 1.807) is 26.4 Å². The predicted octanol–water partition coefficient (Wildman–Crippen LogP) is 2.56. The van der Waals surface area contributed by atoms with E-state index >= 15 is 0 Å². The lowest BCUT2D eigenvalue weighted by molar-refractivity contribution is -0.546. The smallest absolute Gasteiger partial charge is 0.269 e. The number of ether oxygens (including phenoxy) is 2. The Bertz CT molecular complexity index is 1250. The molecule has 2 aliphatic rings. The van der Waals surface area contributed by atoms with Crippen molar-refractivity contribution in [1.29, 1.82) is 0 Å². The molecule has 5 rings (SSSR count). The van der Waals surface area contributed by atoms with Gasteiger partial charge in [-0.3, -0.25) is 4.79 Å². The normalized spacial score (nSPS) is 15.8. The number of aryl methyl sites for hydroxylation is 1. The van der Waals surface area contributed by atoms with Gasteiger partial charge in [0.15, 0.2) is 18.8 Å². The van der Waals surface area contributed by atoms with Crippen molar-refractivity contribution in [2.45, 2.75) is 19.9 Å². The number of aromatic nitrogens is 2. The van der Waals surface area contributed by atoms with Gasteiger partial charge in [0.25, 0.3) is 5.91 Å². The summed E-state index contributed by atoms with van der Waals surface area (Å²) in [6.45, 7) is 6.05. The van der Waals surface area contributed by atoms with E-state index in [1.807, 2.05) is 13.0 Å². The lowest BCUT2D eigenvalue weighted by Crippen LogP contribution is -2.45. The summed E-state index contributed by atoms with van der Waals surface area (Å²) in [4.78, 5) is 23.1. The van der Waals surface area contributed by atoms with Crippen molar-refractivity contribution in [3.63, 3.8) is 0 Å². The first-order chi connectivity index (χ1) is 16.1. The van der Waals surface area contributed by atoms with Crippen LogP contribution in [0.3, 0.4) is 0 Å². The lowest BCUT2D eigenvalue weighted by Gasteiger charge is -2.29. The van der Waals surface area contributed by atoms with Crippen LogP contribution in [0.5, 0.6) is 11.6 Å². The Morgan fingerprint density at radius 2 is 2.15 bits per heavy atom. The van der Waals surface area contributed by atoms with Gasteiger partial charge < -0.3 is 19.7 Å². The Balaban J connectivity index is 1.41. The first-order valence-corrected chi connectivity index (χ1v) is 11.2. The summed E-state index contributed by atoms with van der Waals surface area (Å²) in [5.41, 5.74) is 5.87. The van der Waals surface area contributed by atoms with Crippen molar-refractivity contribution in [2.24, 2.45) is 0 Å². The molecule has 0 saturated heterocycles. The summed E-state index contributed by atoms with van der Waals surface area (Å²) in [6.07, 6.45) is 2.65. The van der Waals surface area contributed by atoms with Gasteiger partial charge in [0.05, 0.1) is 56.2 Å². The molecule has 33 heavy (non-hydrogen) atoms. The van der Waals surface area contributed by atoms with Gasteiger partial charge in [-0.2, -0.15) is 0 Å². The van der Waals surface area contributed by atoms with E-state index in [1.165, 1.54) is 5.71 Å². The molecule has 1 aromatic carbocycles. The molecule has 0 radical (unpaired) electrons. The standard InChI is InChI=1S/C25H27N5O3/c1-16-10-17-12-23-18(11-22(17)28-25(16)32-3)14-29-7-8-30(15-20(29)6-9-33-23)19-4-5-21(27-13-19)24(31)26-2/h4-5,10-13H,6-9,14-15H2,1-3H3/p+1. The van der Waals surface area contributed by atoms with Crippen LogP contribution in [0.25, 0.3) is 10.9 Å². The van der Waals surface area contributed by atoms with E-state index in [4.69, 9.17) is 14.5 Å². The van der Waals surface area contributed by atoms with Crippen molar-refractivity contribution in [3.05, 3.63) is 53.3 Å². The molecule has 8 heteroatoms. The van der Waals surface area contributed by atoms with E-state index in [9.17, 15) is 4.79 Å². The predicted molar refractivity (Wildman–Crippen MR) is 127 cm³/mol. The SMILES string of the molecule is CNC(=O)c1ccc(N2CC[N+]3=C(CCOc4cc5cc(C)c(OC)nc5cc4C3)C2)cn1. The molecule has 0 atom stereocenters. The number of hydrogen-bond acceptors (Lipinski definition) is 6. The Hall–Kier alpha value is -3.68. The largest absolute Gasteiger partial charge is 0.492 e. The molecular formula is C25H28N5O3+. The highest BCUT2D eigenvalue weighted by Crippen LogP contribution is 2.30. The summed E-state index contributed by atoms with van der Waals surface area (Å²) in [6, 6.07) is 10.1. The van der Waals surface area contributed by atoms with Gasteiger partial charge >= 0.3 is 0 Å². The molecule has 1 amide bonds. The Morgan fingerprint density at radius 1 is 1.27 bits per heavy atom. The Kier molecular flexibility index (Phi) is 5.58. The fraction of sp³-hybridized carbons (Fsp3) is 0.360. The maximum absolute atomic E-state index is 11.8. The number of pyridine rings is 2. The average molecular weight is 447 g/mol. The zero-order valence-electron chi connectivity index (χ0n) is 19.2. The van der Waals surface area contributed by atoms with Crippen LogP contribution in [0.2, 0.25) is 0 Å². The topological polar surface area (TPSA) is 79.6 Å². The minimum absolute atomic E-state index is 0.175. The van der Waals surface area contributed by atoms with Crippen molar-refractivity contribution in [1.82, 2.24) is 15.3 Å². The van der Waals surface area contributed by atoms with Crippen LogP contribution in [-0.4, -0.2) is 66.6 Å². The Labute approximate surface area is 192 Å². The molecule has 2 aromatic heterocycles. The number of rotatable bonds is 3. The minimum Gasteiger partial charge on any atom is -0.492 e. The van der Waals surface area contributed by atoms with Crippen LogP contribution < -0.4 is 19.7 Å². The van der Waals surface area contributed by atoms with Crippen molar-refractivity contribution < 1.29 is 18.8 Å². The molecule has 0 bridgehead atoms. The quantitative estimate of drug-likeness (QED) is 0.623. The second kappa shape index (κ2) is 8.69. The van der Waals surface area contributed by atoms with E-state index in [-0.39, 0.29) is 5.91 Å². The second-order valence-electron chi connectivity index (χ2n) is 8.46. The van der Waals surface area contributed by atoms with Gasteiger partial charge in [0.2, 0.25) is 5.88 Å². The third-order valence-corrected chi connectivity index (χ3v) is 6.38. The van der Waals surface area contributed by atoms with Crippen molar-refractivity contribution in [3.8, 4) is 11.6 Å². The number of carbonyl (C=O) groups excluding carboxylic acids is 1. The third-order valence-electron chi connectivity index (χ3n) is 6.38. The molecule has 0 fully saturated rings. The van der Waals surface area contributed by atoms with Gasteiger partial charge in [0, 0.05) is 18.0 Å². The third kappa shape index (κ3) is 4.08. The number of benzene rings is 1. The van der Waals surface area contributed by atoms with E-state index in [0.717, 1.165) is 66.1 Å². The monoisotopic (exact) mass is 446 g/mol. The molecular weight excluding hydrogens is 418 g/mol. The molecule has 2 aliphatic heterocycles. The summed E-state index contributed by atoms with van der Waals surface area (Å²) >= 11 is 0. The van der Waals surface area contributed by atoms with Crippen LogP contribution in [0.1, 0.15) is 28.0 Å². The van der Waals surface area contributed by atoms with Gasteiger partial charge in [-0.1, -0.05) is 0 Å². The number of carbonyl (C=O) groups is 1. The highest BCUT2D eigenvalue weighted by molar-refractivity contribution is 5.92. The fourth-order valence-electron chi connectivity index (χ4n) is 4.56. The van der Waals surface area contributed by atoms with Gasteiger partial charge in [-0.25, -0.2) is 14.5 Å². The van der Waals surface area contributed by atoms with E-state index in [2.05, 4.69) is 38.0 Å². The maximum Gasteiger partial charge on any atom is 0.269 e. The lowest BCUT2D eigenvalue weighted by atomic mass is 10.1. The van der Waals surface area contributed by atoms with Crippen molar-refractivity contribution >= 4 is 28.2 Å². The highest BCUT2D eigenvalue weighted by Gasteiger charge is 2.28. The molecule has 0 spiro atoms. The molecule has 3 aromatic rings. The second-order valence-corrected chi connectivity index (χ2v) is 8.46. The van der Waals surface area contributed by atoms with Crippen LogP contribution in [-0.2, 0) is 6.54 Å². The number of nitrogens with one attached hydrogen (secondary N) is 1. The van der Waals surface area contributed by atoms with Crippen LogP contribution in [0, 0.1) is 6.92 Å². The van der Waals surface area contributed by atoms with Gasteiger partial charge in [-0.15, -0.1) is 0 Å².